The van der Waals surface area contributed by atoms with Gasteiger partial charge in [0, 0.05) is 4.90 Å². The van der Waals surface area contributed by atoms with Crippen molar-refractivity contribution < 1.29 is 23.8 Å². The molecule has 2 aromatic carbocycles. The number of benzene rings is 2. The highest BCUT2D eigenvalue weighted by Crippen LogP contribution is 2.41. The molecular formula is C25H21NO5S2. The van der Waals surface area contributed by atoms with Gasteiger partial charge in [0.25, 0.3) is 0 Å². The third-order valence-electron chi connectivity index (χ3n) is 4.51. The molecule has 0 unspecified atom stereocenters. The van der Waals surface area contributed by atoms with E-state index in [1.807, 2.05) is 42.5 Å². The standard InChI is InChI=1S/C25H21NO5S2/c1-3-30-25(28)22-23(27)20(33-24(22)26-16-9-11-17(29-2)12-10-16)15-18-13-14-21(31-18)32-19-7-5-4-6-8-19/h4-15,27H,3H2,1-2H3/b20-15-,26-24?. The van der Waals surface area contributed by atoms with E-state index in [2.05, 4.69) is 4.99 Å². The molecule has 1 N–H and O–H groups in total. The average molecular weight is 480 g/mol. The van der Waals surface area contributed by atoms with E-state index >= 15 is 0 Å². The Balaban J connectivity index is 1.62. The number of nitrogens with zero attached hydrogens (tertiary/aromatic N) is 1. The van der Waals surface area contributed by atoms with Gasteiger partial charge in [0.05, 0.1) is 24.3 Å². The predicted molar refractivity (Wildman–Crippen MR) is 131 cm³/mol. The minimum Gasteiger partial charge on any atom is -0.506 e. The lowest BCUT2D eigenvalue weighted by Crippen LogP contribution is -2.12. The van der Waals surface area contributed by atoms with E-state index in [0.717, 1.165) is 9.99 Å². The Kier molecular flexibility index (Phi) is 7.26. The number of carbonyl (C=O) groups is 1. The molecule has 1 aromatic heterocycles. The monoisotopic (exact) mass is 479 g/mol. The third kappa shape index (κ3) is 5.53. The van der Waals surface area contributed by atoms with E-state index in [0.29, 0.717) is 27.1 Å². The molecule has 0 radical (unpaired) electrons. The van der Waals surface area contributed by atoms with Crippen LogP contribution in [0.5, 0.6) is 5.75 Å². The van der Waals surface area contributed by atoms with Crippen molar-refractivity contribution >= 4 is 46.3 Å². The zero-order valence-corrected chi connectivity index (χ0v) is 19.6. The number of aliphatic imine (C=N–C) groups is 1. The molecule has 8 heteroatoms. The first-order valence-corrected chi connectivity index (χ1v) is 11.8. The summed E-state index contributed by atoms with van der Waals surface area (Å²) in [6.07, 6.45) is 1.69. The van der Waals surface area contributed by atoms with Crippen LogP contribution in [0.2, 0.25) is 0 Å². The highest BCUT2D eigenvalue weighted by Gasteiger charge is 2.33. The fourth-order valence-corrected chi connectivity index (χ4v) is 4.78. The summed E-state index contributed by atoms with van der Waals surface area (Å²) in [6, 6.07) is 20.7. The van der Waals surface area contributed by atoms with Crippen LogP contribution in [-0.4, -0.2) is 29.8 Å². The summed E-state index contributed by atoms with van der Waals surface area (Å²) in [5, 5.41) is 11.9. The lowest BCUT2D eigenvalue weighted by atomic mass is 10.2. The molecule has 4 rings (SSSR count). The number of hydrogen-bond donors (Lipinski definition) is 1. The Labute approximate surface area is 200 Å². The van der Waals surface area contributed by atoms with Crippen molar-refractivity contribution in [2.75, 3.05) is 13.7 Å². The normalized spacial score (nSPS) is 15.9. The van der Waals surface area contributed by atoms with Crippen molar-refractivity contribution in [2.24, 2.45) is 4.99 Å². The number of thioether (sulfide) groups is 1. The van der Waals surface area contributed by atoms with Gasteiger partial charge in [-0.1, -0.05) is 41.7 Å². The van der Waals surface area contributed by atoms with Gasteiger partial charge in [0.2, 0.25) is 0 Å². The Morgan fingerprint density at radius 1 is 1.12 bits per heavy atom. The number of aliphatic hydroxyl groups excluding tert-OH is 1. The Bertz CT molecular complexity index is 1230. The molecule has 0 fully saturated rings. The molecule has 1 aliphatic rings. The van der Waals surface area contributed by atoms with Crippen LogP contribution < -0.4 is 4.74 Å². The van der Waals surface area contributed by atoms with Crippen molar-refractivity contribution in [2.45, 2.75) is 16.9 Å². The van der Waals surface area contributed by atoms with Gasteiger partial charge in [-0.2, -0.15) is 0 Å². The van der Waals surface area contributed by atoms with Gasteiger partial charge in [-0.25, -0.2) is 9.79 Å². The van der Waals surface area contributed by atoms with E-state index in [1.54, 1.807) is 44.4 Å². The van der Waals surface area contributed by atoms with Crippen LogP contribution in [0.1, 0.15) is 12.7 Å². The molecule has 0 saturated heterocycles. The molecule has 0 atom stereocenters. The van der Waals surface area contributed by atoms with Crippen LogP contribution >= 0.6 is 23.5 Å². The topological polar surface area (TPSA) is 81.3 Å². The molecule has 6 nitrogen and oxygen atoms in total. The summed E-state index contributed by atoms with van der Waals surface area (Å²) in [7, 11) is 1.59. The fraction of sp³-hybridized carbons (Fsp3) is 0.120. The second-order valence-electron chi connectivity index (χ2n) is 6.74. The van der Waals surface area contributed by atoms with Crippen molar-refractivity contribution in [1.29, 1.82) is 0 Å². The molecular weight excluding hydrogens is 458 g/mol. The first-order chi connectivity index (χ1) is 16.1. The highest BCUT2D eigenvalue weighted by atomic mass is 32.2. The molecule has 0 saturated carbocycles. The summed E-state index contributed by atoms with van der Waals surface area (Å²) in [5.74, 6) is 0.443. The van der Waals surface area contributed by atoms with Gasteiger partial charge in [0.1, 0.15) is 27.9 Å². The largest absolute Gasteiger partial charge is 0.506 e. The lowest BCUT2D eigenvalue weighted by Gasteiger charge is -2.04. The van der Waals surface area contributed by atoms with Crippen LogP contribution in [0.15, 0.2) is 102 Å². The average Bonchev–Trinajstić information content (AvgIpc) is 3.39. The Morgan fingerprint density at radius 2 is 1.88 bits per heavy atom. The second kappa shape index (κ2) is 10.5. The Morgan fingerprint density at radius 3 is 2.58 bits per heavy atom. The fourth-order valence-electron chi connectivity index (χ4n) is 2.97. The molecule has 0 aliphatic carbocycles. The zero-order valence-electron chi connectivity index (χ0n) is 18.0. The summed E-state index contributed by atoms with van der Waals surface area (Å²) in [6.45, 7) is 1.90. The quantitative estimate of drug-likeness (QED) is 0.381. The second-order valence-corrected chi connectivity index (χ2v) is 8.85. The molecule has 168 valence electrons. The van der Waals surface area contributed by atoms with Crippen molar-refractivity contribution in [3.8, 4) is 5.75 Å². The molecule has 0 amide bonds. The number of ether oxygens (including phenoxy) is 2. The number of furan rings is 1. The maximum Gasteiger partial charge on any atom is 0.344 e. The van der Waals surface area contributed by atoms with Gasteiger partial charge in [0.15, 0.2) is 5.09 Å². The van der Waals surface area contributed by atoms with Crippen molar-refractivity contribution in [1.82, 2.24) is 0 Å². The first kappa shape index (κ1) is 22.8. The summed E-state index contributed by atoms with van der Waals surface area (Å²) >= 11 is 2.68. The van der Waals surface area contributed by atoms with Crippen molar-refractivity contribution in [3.63, 3.8) is 0 Å². The number of aliphatic hydroxyl groups is 1. The first-order valence-electron chi connectivity index (χ1n) is 10.1. The van der Waals surface area contributed by atoms with Gasteiger partial charge in [-0.15, -0.1) is 0 Å². The van der Waals surface area contributed by atoms with E-state index < -0.39 is 5.97 Å². The smallest absolute Gasteiger partial charge is 0.344 e. The van der Waals surface area contributed by atoms with Crippen molar-refractivity contribution in [3.05, 3.63) is 88.7 Å². The summed E-state index contributed by atoms with van der Waals surface area (Å²) in [5.41, 5.74) is 0.656. The number of rotatable bonds is 7. The minimum atomic E-state index is -0.627. The van der Waals surface area contributed by atoms with Gasteiger partial charge in [-0.3, -0.25) is 0 Å². The number of hydrogen-bond acceptors (Lipinski definition) is 8. The number of methoxy groups -OCH3 is 1. The maximum absolute atomic E-state index is 12.6. The lowest BCUT2D eigenvalue weighted by molar-refractivity contribution is -0.138. The number of carbonyl (C=O) groups excluding carboxylic acids is 1. The van der Waals surface area contributed by atoms with Gasteiger partial charge < -0.3 is 19.0 Å². The zero-order chi connectivity index (χ0) is 23.2. The summed E-state index contributed by atoms with van der Waals surface area (Å²) < 4.78 is 16.2. The molecule has 0 bridgehead atoms. The minimum absolute atomic E-state index is 0.0364. The highest BCUT2D eigenvalue weighted by molar-refractivity contribution is 8.18. The van der Waals surface area contributed by atoms with Crippen LogP contribution in [0.25, 0.3) is 6.08 Å². The van der Waals surface area contributed by atoms with Crippen LogP contribution in [0.3, 0.4) is 0 Å². The molecule has 3 aromatic rings. The van der Waals surface area contributed by atoms with Crippen LogP contribution in [0.4, 0.5) is 5.69 Å². The molecule has 33 heavy (non-hydrogen) atoms. The van der Waals surface area contributed by atoms with Gasteiger partial charge >= 0.3 is 5.97 Å². The number of esters is 1. The summed E-state index contributed by atoms with van der Waals surface area (Å²) in [4.78, 5) is 18.6. The van der Waals surface area contributed by atoms with Crippen LogP contribution in [-0.2, 0) is 9.53 Å². The van der Waals surface area contributed by atoms with E-state index in [9.17, 15) is 9.90 Å². The van der Waals surface area contributed by atoms with E-state index in [4.69, 9.17) is 13.9 Å². The molecule has 1 aliphatic heterocycles. The molecule has 2 heterocycles. The van der Waals surface area contributed by atoms with Crippen LogP contribution in [0, 0.1) is 0 Å². The maximum atomic E-state index is 12.6. The van der Waals surface area contributed by atoms with Gasteiger partial charge in [-0.05, 0) is 61.5 Å². The van der Waals surface area contributed by atoms with E-state index in [-0.39, 0.29) is 17.9 Å². The Hall–Kier alpha value is -3.36. The molecule has 0 spiro atoms. The third-order valence-corrected chi connectivity index (χ3v) is 6.46. The predicted octanol–water partition coefficient (Wildman–Crippen LogP) is 6.63. The van der Waals surface area contributed by atoms with E-state index in [1.165, 1.54) is 23.5 Å². The SMILES string of the molecule is CCOC(=O)C1=C(O)/C(=C/c2ccc(Sc3ccccc3)o2)SC1=Nc1ccc(OC)cc1.